The Morgan fingerprint density at radius 2 is 1.93 bits per heavy atom. The van der Waals surface area contributed by atoms with Crippen LogP contribution in [0, 0.1) is 6.92 Å². The Labute approximate surface area is 155 Å². The molecule has 2 heterocycles. The minimum atomic E-state index is -0.241. The molecule has 0 saturated carbocycles. The number of nitrogens with zero attached hydrogens (tertiary/aromatic N) is 2. The molecule has 0 bridgehead atoms. The van der Waals surface area contributed by atoms with Crippen LogP contribution in [-0.2, 0) is 0 Å². The molecule has 4 aromatic rings. The first-order valence-corrected chi connectivity index (χ1v) is 8.63. The zero-order valence-corrected chi connectivity index (χ0v) is 15.0. The third kappa shape index (κ3) is 3.17. The first kappa shape index (κ1) is 16.9. The summed E-state index contributed by atoms with van der Waals surface area (Å²) in [4.78, 5) is 12.8. The minimum absolute atomic E-state index is 0.110. The van der Waals surface area contributed by atoms with Gasteiger partial charge >= 0.3 is 0 Å². The number of hydrogen-bond donors (Lipinski definition) is 0. The molecule has 0 radical (unpaired) electrons. The van der Waals surface area contributed by atoms with E-state index in [9.17, 15) is 4.79 Å². The van der Waals surface area contributed by atoms with E-state index in [1.54, 1.807) is 29.2 Å². The van der Waals surface area contributed by atoms with Crippen LogP contribution in [-0.4, -0.2) is 16.4 Å². The van der Waals surface area contributed by atoms with Crippen LogP contribution >= 0.6 is 0 Å². The van der Waals surface area contributed by atoms with Gasteiger partial charge in [0.15, 0.2) is 5.75 Å². The van der Waals surface area contributed by atoms with E-state index in [2.05, 4.69) is 5.10 Å². The largest absolute Gasteiger partial charge is 0.493 e. The van der Waals surface area contributed by atoms with Gasteiger partial charge in [0.05, 0.1) is 30.1 Å². The van der Waals surface area contributed by atoms with Crippen LogP contribution in [0.3, 0.4) is 0 Å². The molecule has 0 atom stereocenters. The Bertz CT molecular complexity index is 1150. The molecule has 0 aliphatic carbocycles. The maximum absolute atomic E-state index is 12.8. The molecule has 4 rings (SSSR count). The highest BCUT2D eigenvalue weighted by Crippen LogP contribution is 2.28. The van der Waals surface area contributed by atoms with E-state index in [0.29, 0.717) is 29.1 Å². The summed E-state index contributed by atoms with van der Waals surface area (Å²) in [6, 6.07) is 13.1. The number of benzene rings is 2. The zero-order chi connectivity index (χ0) is 18.8. The monoisotopic (exact) mass is 362 g/mol. The summed E-state index contributed by atoms with van der Waals surface area (Å²) in [5.74, 6) is 1.26. The Morgan fingerprint density at radius 1 is 1.11 bits per heavy atom. The molecule has 0 saturated heterocycles. The van der Waals surface area contributed by atoms with Crippen LogP contribution in [0.2, 0.25) is 0 Å². The van der Waals surface area contributed by atoms with Crippen LogP contribution in [0.4, 0.5) is 0 Å². The van der Waals surface area contributed by atoms with Gasteiger partial charge in [-0.2, -0.15) is 5.10 Å². The summed E-state index contributed by atoms with van der Waals surface area (Å²) in [6.45, 7) is 4.32. The van der Waals surface area contributed by atoms with E-state index in [0.717, 1.165) is 11.3 Å². The average Bonchev–Trinajstić information content (AvgIpc) is 3.16. The van der Waals surface area contributed by atoms with Gasteiger partial charge in [-0.15, -0.1) is 0 Å². The average molecular weight is 362 g/mol. The molecule has 2 aromatic heterocycles. The van der Waals surface area contributed by atoms with Gasteiger partial charge in [0.25, 0.3) is 0 Å². The van der Waals surface area contributed by atoms with Gasteiger partial charge in [0.1, 0.15) is 17.6 Å². The van der Waals surface area contributed by atoms with Gasteiger partial charge in [-0.1, -0.05) is 18.2 Å². The van der Waals surface area contributed by atoms with Crippen molar-refractivity contribution in [3.8, 4) is 22.9 Å². The maximum Gasteiger partial charge on any atom is 0.235 e. The highest BCUT2D eigenvalue weighted by molar-refractivity contribution is 5.82. The molecule has 0 amide bonds. The quantitative estimate of drug-likeness (QED) is 0.524. The summed E-state index contributed by atoms with van der Waals surface area (Å²) in [6.07, 6.45) is 4.59. The molecule has 0 N–H and O–H groups in total. The normalized spacial score (nSPS) is 10.9. The highest BCUT2D eigenvalue weighted by atomic mass is 16.5. The van der Waals surface area contributed by atoms with E-state index < -0.39 is 0 Å². The Hall–Kier alpha value is -3.54. The van der Waals surface area contributed by atoms with Gasteiger partial charge in [-0.3, -0.25) is 4.79 Å². The van der Waals surface area contributed by atoms with Gasteiger partial charge in [-0.25, -0.2) is 4.68 Å². The summed E-state index contributed by atoms with van der Waals surface area (Å²) in [5, 5.41) is 4.71. The van der Waals surface area contributed by atoms with Crippen molar-refractivity contribution in [2.24, 2.45) is 0 Å². The number of rotatable bonds is 5. The van der Waals surface area contributed by atoms with E-state index in [1.807, 2.05) is 44.2 Å². The Balaban J connectivity index is 1.67. The predicted molar refractivity (Wildman–Crippen MR) is 102 cm³/mol. The van der Waals surface area contributed by atoms with Crippen molar-refractivity contribution in [1.82, 2.24) is 9.78 Å². The molecular formula is C21H18N2O4. The number of aryl methyl sites for hydroxylation is 1. The second-order valence-corrected chi connectivity index (χ2v) is 5.99. The van der Waals surface area contributed by atoms with Crippen LogP contribution in [0.1, 0.15) is 12.5 Å². The number of ether oxygens (including phenoxy) is 2. The third-order valence-corrected chi connectivity index (χ3v) is 4.22. The van der Waals surface area contributed by atoms with Crippen molar-refractivity contribution in [3.05, 3.63) is 76.9 Å². The fourth-order valence-electron chi connectivity index (χ4n) is 2.89. The lowest BCUT2D eigenvalue weighted by molar-refractivity contribution is 0.337. The maximum atomic E-state index is 12.8. The molecule has 0 aliphatic heterocycles. The van der Waals surface area contributed by atoms with Crippen LogP contribution in [0.25, 0.3) is 16.7 Å². The third-order valence-electron chi connectivity index (χ3n) is 4.22. The predicted octanol–water partition coefficient (Wildman–Crippen LogP) is 4.48. The molecule has 6 heteroatoms. The first-order valence-electron chi connectivity index (χ1n) is 8.63. The Morgan fingerprint density at radius 3 is 2.70 bits per heavy atom. The lowest BCUT2D eigenvalue weighted by Crippen LogP contribution is -2.06. The van der Waals surface area contributed by atoms with Crippen molar-refractivity contribution in [3.63, 3.8) is 0 Å². The lowest BCUT2D eigenvalue weighted by atomic mass is 10.1. The molecule has 136 valence electrons. The summed E-state index contributed by atoms with van der Waals surface area (Å²) < 4.78 is 18.6. The summed E-state index contributed by atoms with van der Waals surface area (Å²) >= 11 is 0. The molecule has 6 nitrogen and oxygen atoms in total. The second-order valence-electron chi connectivity index (χ2n) is 5.99. The van der Waals surface area contributed by atoms with Crippen molar-refractivity contribution >= 4 is 11.0 Å². The van der Waals surface area contributed by atoms with Crippen molar-refractivity contribution in [1.29, 1.82) is 0 Å². The SMILES string of the molecule is CCOc1ccc2c(=O)c(Oc3cnn(-c4ccccc4)c3)coc2c1C. The molecule has 27 heavy (non-hydrogen) atoms. The fourth-order valence-corrected chi connectivity index (χ4v) is 2.89. The fraction of sp³-hybridized carbons (Fsp3) is 0.143. The Kier molecular flexibility index (Phi) is 4.38. The molecule has 0 aliphatic rings. The molecule has 0 spiro atoms. The standard InChI is InChI=1S/C21H18N2O4/c1-3-25-18-10-9-17-20(24)19(13-26-21(17)14(18)2)27-16-11-22-23(12-16)15-7-5-4-6-8-15/h4-13H,3H2,1-2H3. The minimum Gasteiger partial charge on any atom is -0.493 e. The first-order chi connectivity index (χ1) is 13.2. The summed E-state index contributed by atoms with van der Waals surface area (Å²) in [7, 11) is 0. The van der Waals surface area contributed by atoms with Crippen molar-refractivity contribution in [2.45, 2.75) is 13.8 Å². The van der Waals surface area contributed by atoms with Crippen molar-refractivity contribution < 1.29 is 13.9 Å². The van der Waals surface area contributed by atoms with Crippen LogP contribution in [0.5, 0.6) is 17.2 Å². The second kappa shape index (κ2) is 6.99. The molecular weight excluding hydrogens is 344 g/mol. The number of hydrogen-bond acceptors (Lipinski definition) is 5. The lowest BCUT2D eigenvalue weighted by Gasteiger charge is -2.09. The van der Waals surface area contributed by atoms with Gasteiger partial charge in [0, 0.05) is 5.56 Å². The van der Waals surface area contributed by atoms with Gasteiger partial charge in [-0.05, 0) is 38.1 Å². The summed E-state index contributed by atoms with van der Waals surface area (Å²) in [5.41, 5.74) is 1.94. The topological polar surface area (TPSA) is 66.5 Å². The van der Waals surface area contributed by atoms with E-state index in [-0.39, 0.29) is 11.2 Å². The van der Waals surface area contributed by atoms with E-state index in [4.69, 9.17) is 13.9 Å². The van der Waals surface area contributed by atoms with Gasteiger partial charge in [0.2, 0.25) is 11.2 Å². The molecule has 0 fully saturated rings. The van der Waals surface area contributed by atoms with Gasteiger partial charge < -0.3 is 13.9 Å². The molecule has 2 aromatic carbocycles. The highest BCUT2D eigenvalue weighted by Gasteiger charge is 2.14. The number of fused-ring (bicyclic) bond motifs is 1. The zero-order valence-electron chi connectivity index (χ0n) is 15.0. The number of para-hydroxylation sites is 1. The smallest absolute Gasteiger partial charge is 0.235 e. The number of aromatic nitrogens is 2. The van der Waals surface area contributed by atoms with Crippen molar-refractivity contribution in [2.75, 3.05) is 6.61 Å². The van der Waals surface area contributed by atoms with Crippen LogP contribution in [0.15, 0.2) is 70.3 Å². The molecule has 0 unspecified atom stereocenters. The van der Waals surface area contributed by atoms with E-state index >= 15 is 0 Å². The van der Waals surface area contributed by atoms with Crippen LogP contribution < -0.4 is 14.9 Å². The van der Waals surface area contributed by atoms with E-state index in [1.165, 1.54) is 6.26 Å².